The fourth-order valence-electron chi connectivity index (χ4n) is 4.47. The van der Waals surface area contributed by atoms with E-state index in [4.69, 9.17) is 15.2 Å². The second-order valence-corrected chi connectivity index (χ2v) is 11.0. The molecule has 5 amide bonds. The van der Waals surface area contributed by atoms with E-state index in [0.29, 0.717) is 25.1 Å². The van der Waals surface area contributed by atoms with Crippen molar-refractivity contribution in [3.63, 3.8) is 0 Å². The number of carbonyl (C=O) groups excluding carboxylic acids is 5. The Kier molecular flexibility index (Phi) is 16.9. The van der Waals surface area contributed by atoms with Gasteiger partial charge in [0, 0.05) is 32.2 Å². The molecule has 0 aliphatic rings. The molecule has 0 aliphatic carbocycles. The third-order valence-electron chi connectivity index (χ3n) is 7.24. The molecule has 0 saturated heterocycles. The second-order valence-electron chi connectivity index (χ2n) is 11.0. The summed E-state index contributed by atoms with van der Waals surface area (Å²) in [6.07, 6.45) is 3.77. The summed E-state index contributed by atoms with van der Waals surface area (Å²) in [5.41, 5.74) is 5.99. The average molecular weight is 606 g/mol. The van der Waals surface area contributed by atoms with Crippen molar-refractivity contribution in [2.75, 3.05) is 18.5 Å². The first-order valence-electron chi connectivity index (χ1n) is 15.2. The van der Waals surface area contributed by atoms with Crippen LogP contribution in [0.5, 0.6) is 0 Å². The van der Waals surface area contributed by atoms with Crippen molar-refractivity contribution in [2.24, 2.45) is 11.7 Å². The molecular weight excluding hydrogens is 554 g/mol. The molecule has 0 aliphatic heterocycles. The summed E-state index contributed by atoms with van der Waals surface area (Å²) in [5, 5.41) is 10.9. The number of benzene rings is 1. The highest BCUT2D eigenvalue weighted by Gasteiger charge is 2.31. The fourth-order valence-corrected chi connectivity index (χ4v) is 4.47. The van der Waals surface area contributed by atoms with E-state index in [1.807, 2.05) is 34.6 Å². The van der Waals surface area contributed by atoms with Crippen LogP contribution in [0.4, 0.5) is 10.5 Å². The normalized spacial score (nSPS) is 12.6. The maximum absolute atomic E-state index is 13.4. The zero-order valence-electron chi connectivity index (χ0n) is 26.5. The van der Waals surface area contributed by atoms with E-state index in [1.165, 1.54) is 6.92 Å². The number of hydrogen-bond donors (Lipinski definition) is 5. The minimum atomic E-state index is -0.948. The van der Waals surface area contributed by atoms with Gasteiger partial charge in [-0.1, -0.05) is 46.8 Å². The average Bonchev–Trinajstić information content (AvgIpc) is 2.97. The standard InChI is InChI=1S/C31H51N5O7/c1-7-19-43-31(8-2,9-3)17-16-26(38)36-27(21(4)5)29(40)35-25(11-10-18-33-30(32)41)28(39)34-24-14-12-23(13-15-24)20-42-22(6)37/h12-15,21,25,27H,7-11,16-20H2,1-6H3,(H,34,39)(H,35,40)(H,36,38)(H3,32,33,41). The van der Waals surface area contributed by atoms with E-state index >= 15 is 0 Å². The van der Waals surface area contributed by atoms with E-state index in [2.05, 4.69) is 21.3 Å². The molecule has 242 valence electrons. The summed E-state index contributed by atoms with van der Waals surface area (Å²) in [6, 6.07) is 4.27. The van der Waals surface area contributed by atoms with Gasteiger partial charge in [-0.05, 0) is 62.1 Å². The SMILES string of the molecule is CCCOC(CC)(CC)CCC(=O)NC(C(=O)NC(CCCNC(N)=O)C(=O)Nc1ccc(COC(C)=O)cc1)C(C)C. The van der Waals surface area contributed by atoms with Gasteiger partial charge in [0.15, 0.2) is 0 Å². The molecule has 0 spiro atoms. The molecule has 12 heteroatoms. The Bertz CT molecular complexity index is 1040. The number of carbonyl (C=O) groups is 5. The molecule has 2 atom stereocenters. The molecule has 12 nitrogen and oxygen atoms in total. The number of anilines is 1. The van der Waals surface area contributed by atoms with Crippen LogP contribution in [0, 0.1) is 5.92 Å². The molecule has 2 unspecified atom stereocenters. The molecule has 43 heavy (non-hydrogen) atoms. The number of nitrogens with two attached hydrogens (primary N) is 1. The van der Waals surface area contributed by atoms with Gasteiger partial charge in [-0.2, -0.15) is 0 Å². The van der Waals surface area contributed by atoms with Crippen LogP contribution >= 0.6 is 0 Å². The minimum absolute atomic E-state index is 0.112. The van der Waals surface area contributed by atoms with Gasteiger partial charge in [0.2, 0.25) is 17.7 Å². The van der Waals surface area contributed by atoms with Crippen LogP contribution in [0.15, 0.2) is 24.3 Å². The number of esters is 1. The van der Waals surface area contributed by atoms with Gasteiger partial charge in [0.25, 0.3) is 0 Å². The number of nitrogens with one attached hydrogen (secondary N) is 4. The highest BCUT2D eigenvalue weighted by Crippen LogP contribution is 2.26. The van der Waals surface area contributed by atoms with Crippen molar-refractivity contribution < 1.29 is 33.4 Å². The van der Waals surface area contributed by atoms with Crippen LogP contribution in [-0.2, 0) is 35.3 Å². The highest BCUT2D eigenvalue weighted by molar-refractivity contribution is 5.98. The zero-order valence-corrected chi connectivity index (χ0v) is 26.5. The largest absolute Gasteiger partial charge is 0.461 e. The Labute approximate surface area is 255 Å². The number of amides is 5. The van der Waals surface area contributed by atoms with E-state index in [-0.39, 0.29) is 43.4 Å². The summed E-state index contributed by atoms with van der Waals surface area (Å²) in [5.74, 6) is -1.85. The summed E-state index contributed by atoms with van der Waals surface area (Å²) in [4.78, 5) is 61.7. The topological polar surface area (TPSA) is 178 Å². The lowest BCUT2D eigenvalue weighted by Crippen LogP contribution is -2.54. The van der Waals surface area contributed by atoms with Crippen molar-refractivity contribution >= 4 is 35.4 Å². The number of hydrogen-bond acceptors (Lipinski definition) is 7. The van der Waals surface area contributed by atoms with Crippen LogP contribution in [0.1, 0.15) is 92.1 Å². The maximum Gasteiger partial charge on any atom is 0.312 e. The van der Waals surface area contributed by atoms with Crippen molar-refractivity contribution in [1.29, 1.82) is 0 Å². The molecule has 0 radical (unpaired) electrons. The van der Waals surface area contributed by atoms with Crippen LogP contribution in [-0.4, -0.2) is 60.6 Å². The van der Waals surface area contributed by atoms with Crippen LogP contribution < -0.4 is 27.0 Å². The zero-order chi connectivity index (χ0) is 32.4. The number of rotatable bonds is 20. The number of ether oxygens (including phenoxy) is 2. The van der Waals surface area contributed by atoms with E-state index in [1.54, 1.807) is 24.3 Å². The molecule has 0 heterocycles. The lowest BCUT2D eigenvalue weighted by atomic mass is 9.91. The Morgan fingerprint density at radius 2 is 1.60 bits per heavy atom. The van der Waals surface area contributed by atoms with Gasteiger partial charge in [-0.25, -0.2) is 4.79 Å². The lowest BCUT2D eigenvalue weighted by molar-refractivity contribution is -0.142. The minimum Gasteiger partial charge on any atom is -0.461 e. The van der Waals surface area contributed by atoms with Crippen molar-refractivity contribution in [3.8, 4) is 0 Å². The molecule has 1 aromatic rings. The Hall–Kier alpha value is -3.67. The summed E-state index contributed by atoms with van der Waals surface area (Å²) < 4.78 is 11.1. The predicted octanol–water partition coefficient (Wildman–Crippen LogP) is 3.53. The molecule has 0 aromatic heterocycles. The van der Waals surface area contributed by atoms with Crippen molar-refractivity contribution in [3.05, 3.63) is 29.8 Å². The first-order chi connectivity index (χ1) is 20.4. The van der Waals surface area contributed by atoms with Crippen LogP contribution in [0.25, 0.3) is 0 Å². The molecule has 6 N–H and O–H groups in total. The van der Waals surface area contributed by atoms with Gasteiger partial charge in [0.05, 0.1) is 5.60 Å². The predicted molar refractivity (Wildman–Crippen MR) is 165 cm³/mol. The third-order valence-corrected chi connectivity index (χ3v) is 7.24. The van der Waals surface area contributed by atoms with Crippen molar-refractivity contribution in [2.45, 2.75) is 111 Å². The van der Waals surface area contributed by atoms with E-state index in [9.17, 15) is 24.0 Å². The Morgan fingerprint density at radius 3 is 2.14 bits per heavy atom. The van der Waals surface area contributed by atoms with Gasteiger partial charge in [-0.15, -0.1) is 0 Å². The molecule has 1 rings (SSSR count). The molecule has 1 aromatic carbocycles. The summed E-state index contributed by atoms with van der Waals surface area (Å²) >= 11 is 0. The van der Waals surface area contributed by atoms with Gasteiger partial charge < -0.3 is 36.5 Å². The number of primary amides is 1. The molecular formula is C31H51N5O7. The summed E-state index contributed by atoms with van der Waals surface area (Å²) in [7, 11) is 0. The van der Waals surface area contributed by atoms with Gasteiger partial charge in [0.1, 0.15) is 18.7 Å². The summed E-state index contributed by atoms with van der Waals surface area (Å²) in [6.45, 7) is 12.1. The van der Waals surface area contributed by atoms with E-state index < -0.39 is 35.9 Å². The molecule has 0 saturated carbocycles. The third kappa shape index (κ3) is 14.4. The smallest absolute Gasteiger partial charge is 0.312 e. The fraction of sp³-hybridized carbons (Fsp3) is 0.645. The maximum atomic E-state index is 13.4. The van der Waals surface area contributed by atoms with Crippen LogP contribution in [0.2, 0.25) is 0 Å². The van der Waals surface area contributed by atoms with E-state index in [0.717, 1.165) is 24.8 Å². The second kappa shape index (κ2) is 19.5. The van der Waals surface area contributed by atoms with Crippen molar-refractivity contribution in [1.82, 2.24) is 16.0 Å². The molecule has 0 bridgehead atoms. The van der Waals surface area contributed by atoms with Crippen LogP contribution in [0.3, 0.4) is 0 Å². The quantitative estimate of drug-likeness (QED) is 0.111. The van der Waals surface area contributed by atoms with Gasteiger partial charge >= 0.3 is 12.0 Å². The monoisotopic (exact) mass is 605 g/mol. The Balaban J connectivity index is 2.94. The lowest BCUT2D eigenvalue weighted by Gasteiger charge is -2.32. The molecule has 0 fully saturated rings. The Morgan fingerprint density at radius 1 is 0.953 bits per heavy atom. The van der Waals surface area contributed by atoms with Gasteiger partial charge in [-0.3, -0.25) is 19.2 Å². The first-order valence-corrected chi connectivity index (χ1v) is 15.2. The number of urea groups is 1. The highest BCUT2D eigenvalue weighted by atomic mass is 16.5. The first kappa shape index (κ1) is 37.4.